The smallest absolute Gasteiger partial charge is 0.229 e. The van der Waals surface area contributed by atoms with Gasteiger partial charge in [0, 0.05) is 0 Å². The summed E-state index contributed by atoms with van der Waals surface area (Å²) < 4.78 is 12.5. The van der Waals surface area contributed by atoms with Crippen molar-refractivity contribution in [1.82, 2.24) is 0 Å². The predicted octanol–water partition coefficient (Wildman–Crippen LogP) is 7.18. The topological polar surface area (TPSA) is 18.5 Å². The van der Waals surface area contributed by atoms with Crippen molar-refractivity contribution >= 4 is 33.3 Å². The highest BCUT2D eigenvalue weighted by Gasteiger charge is 2.37. The lowest BCUT2D eigenvalue weighted by molar-refractivity contribution is 0.551. The Bertz CT molecular complexity index is 517. The fourth-order valence-electron chi connectivity index (χ4n) is 2.44. The summed E-state index contributed by atoms with van der Waals surface area (Å²) in [6.07, 6.45) is 0. The highest BCUT2D eigenvalue weighted by molar-refractivity contribution is 6.95. The van der Waals surface area contributed by atoms with Gasteiger partial charge in [0.25, 0.3) is 0 Å². The van der Waals surface area contributed by atoms with Crippen molar-refractivity contribution in [2.45, 2.75) is 52.0 Å². The Hall–Kier alpha value is -1.03. The molecule has 0 saturated carbocycles. The van der Waals surface area contributed by atoms with Crippen molar-refractivity contribution < 1.29 is 8.23 Å². The van der Waals surface area contributed by atoms with E-state index in [2.05, 4.69) is 85.6 Å². The largest absolute Gasteiger partial charge is 0.446 e. The molecular formula is C22H42O2Si4. The van der Waals surface area contributed by atoms with Crippen LogP contribution in [0.3, 0.4) is 0 Å². The van der Waals surface area contributed by atoms with E-state index >= 15 is 0 Å². The lowest BCUT2D eigenvalue weighted by Gasteiger charge is -2.35. The predicted molar refractivity (Wildman–Crippen MR) is 140 cm³/mol. The summed E-state index contributed by atoms with van der Waals surface area (Å²) in [7, 11) is -7.49. The van der Waals surface area contributed by atoms with Gasteiger partial charge >= 0.3 is 0 Å². The van der Waals surface area contributed by atoms with Crippen LogP contribution in [0, 0.1) is 0 Å². The maximum atomic E-state index is 6.44. The Morgan fingerprint density at radius 3 is 1.07 bits per heavy atom. The average molecular weight is 451 g/mol. The molecule has 0 bridgehead atoms. The second-order valence-corrected chi connectivity index (χ2v) is 22.5. The van der Waals surface area contributed by atoms with E-state index < -0.39 is 33.3 Å². The van der Waals surface area contributed by atoms with Crippen molar-refractivity contribution in [2.75, 3.05) is 0 Å². The zero-order chi connectivity index (χ0) is 22.5. The summed E-state index contributed by atoms with van der Waals surface area (Å²) in [5.74, 6) is 0. The highest BCUT2D eigenvalue weighted by atomic mass is 28.4. The number of rotatable bonds is 14. The van der Waals surface area contributed by atoms with Gasteiger partial charge in [0.2, 0.25) is 33.3 Å². The van der Waals surface area contributed by atoms with E-state index in [0.717, 1.165) is 18.1 Å². The molecule has 0 spiro atoms. The average Bonchev–Trinajstić information content (AvgIpc) is 2.76. The molecule has 0 aromatic rings. The first-order chi connectivity index (χ1) is 13.0. The van der Waals surface area contributed by atoms with Crippen LogP contribution in [0.15, 0.2) is 85.9 Å². The zero-order valence-electron chi connectivity index (χ0n) is 18.9. The van der Waals surface area contributed by atoms with E-state index in [9.17, 15) is 0 Å². The first-order valence-corrected chi connectivity index (χ1v) is 19.7. The molecule has 0 aromatic carbocycles. The van der Waals surface area contributed by atoms with Gasteiger partial charge in [0.05, 0.1) is 0 Å². The second-order valence-electron chi connectivity index (χ2n) is 7.08. The minimum atomic E-state index is -1.93. The van der Waals surface area contributed by atoms with E-state index in [0.29, 0.717) is 0 Å². The van der Waals surface area contributed by atoms with Crippen molar-refractivity contribution in [3.8, 4) is 0 Å². The first-order valence-electron chi connectivity index (χ1n) is 9.88. The van der Waals surface area contributed by atoms with Crippen LogP contribution < -0.4 is 0 Å². The van der Waals surface area contributed by atoms with Crippen molar-refractivity contribution in [3.05, 3.63) is 85.9 Å². The lowest BCUT2D eigenvalue weighted by atomic mass is 10.9. The van der Waals surface area contributed by atoms with E-state index in [-0.39, 0.29) is 0 Å². The number of hydrogen-bond donors (Lipinski definition) is 0. The molecular weight excluding hydrogens is 409 g/mol. The van der Waals surface area contributed by atoms with Crippen molar-refractivity contribution in [2.24, 2.45) is 0 Å². The molecule has 6 heteroatoms. The second kappa shape index (κ2) is 13.2. The summed E-state index contributed by atoms with van der Waals surface area (Å²) in [6, 6.07) is 3.19. The maximum absolute atomic E-state index is 6.44. The molecule has 0 amide bonds. The van der Waals surface area contributed by atoms with E-state index in [1.54, 1.807) is 0 Å². The molecule has 0 aromatic heterocycles. The Morgan fingerprint density at radius 1 is 0.536 bits per heavy atom. The fourth-order valence-corrected chi connectivity index (χ4v) is 15.5. The van der Waals surface area contributed by atoms with Crippen LogP contribution in [0.4, 0.5) is 0 Å². The maximum Gasteiger partial charge on any atom is 0.229 e. The summed E-state index contributed by atoms with van der Waals surface area (Å²) in [5, 5.41) is 0. The Labute approximate surface area is 179 Å². The van der Waals surface area contributed by atoms with E-state index in [1.807, 2.05) is 34.2 Å². The normalized spacial score (nSPS) is 12.0. The Balaban J connectivity index is 0. The molecule has 0 N–H and O–H groups in total. The van der Waals surface area contributed by atoms with Crippen molar-refractivity contribution in [3.63, 3.8) is 0 Å². The third kappa shape index (κ3) is 8.55. The van der Waals surface area contributed by atoms with Crippen LogP contribution in [0.25, 0.3) is 0 Å². The van der Waals surface area contributed by atoms with Crippen LogP contribution in [0.5, 0.6) is 0 Å². The summed E-state index contributed by atoms with van der Waals surface area (Å²) >= 11 is 0. The minimum Gasteiger partial charge on any atom is -0.446 e. The molecule has 2 nitrogen and oxygen atoms in total. The number of hydrogen-bond acceptors (Lipinski definition) is 2. The highest BCUT2D eigenvalue weighted by Crippen LogP contribution is 2.26. The van der Waals surface area contributed by atoms with Crippen LogP contribution in [-0.2, 0) is 8.23 Å². The van der Waals surface area contributed by atoms with E-state index in [4.69, 9.17) is 8.23 Å². The molecule has 0 unspecified atom stereocenters. The van der Waals surface area contributed by atoms with E-state index in [1.165, 1.54) is 0 Å². The summed E-state index contributed by atoms with van der Waals surface area (Å²) in [4.78, 5) is 0. The zero-order valence-corrected chi connectivity index (χ0v) is 22.9. The molecule has 0 heterocycles. The fraction of sp³-hybridized carbons (Fsp3) is 0.364. The molecule has 158 valence electrons. The van der Waals surface area contributed by atoms with Gasteiger partial charge < -0.3 is 8.23 Å². The van der Waals surface area contributed by atoms with Gasteiger partial charge in [-0.15, -0.1) is 46.1 Å². The molecule has 0 aliphatic heterocycles. The van der Waals surface area contributed by atoms with Gasteiger partial charge in [-0.2, -0.15) is 0 Å². The SMILES string of the molecule is C=C[Si](C)(C=C)O[Si](C)(C=C)C=C.C=C[Si](C=C)(CC)O[Si](C=C)(CC)CC. The van der Waals surface area contributed by atoms with Crippen LogP contribution in [-0.4, -0.2) is 33.3 Å². The van der Waals surface area contributed by atoms with Crippen LogP contribution >= 0.6 is 0 Å². The van der Waals surface area contributed by atoms with Gasteiger partial charge in [-0.25, -0.2) is 0 Å². The first kappa shape index (κ1) is 29.2. The molecule has 0 aliphatic carbocycles. The standard InChI is InChI=1S/C12H24OSi2.C10H18OSi2/c1-7-14(8-2,9-3)13-15(10-4,11-5)12-6;1-7-12(5,8-2)11-13(6,9-3)10-4/h7-8,10H,1-2,4,9,11-12H2,3,5-6H3;7-10H,1-4H2,5-6H3. The minimum absolute atomic E-state index is 1.02. The Kier molecular flexibility index (Phi) is 13.8. The molecule has 0 aliphatic rings. The molecule has 0 radical (unpaired) electrons. The third-order valence-electron chi connectivity index (χ3n) is 5.27. The van der Waals surface area contributed by atoms with Gasteiger partial charge in [-0.05, 0) is 31.2 Å². The van der Waals surface area contributed by atoms with Gasteiger partial charge in [-0.1, -0.05) is 60.7 Å². The summed E-state index contributed by atoms with van der Waals surface area (Å²) in [5.41, 5.74) is 13.6. The van der Waals surface area contributed by atoms with Gasteiger partial charge in [0.1, 0.15) is 0 Å². The quantitative estimate of drug-likeness (QED) is 0.261. The molecule has 28 heavy (non-hydrogen) atoms. The Morgan fingerprint density at radius 2 is 0.893 bits per heavy atom. The molecule has 0 atom stereocenters. The molecule has 0 saturated heterocycles. The third-order valence-corrected chi connectivity index (χ3v) is 20.8. The van der Waals surface area contributed by atoms with Crippen LogP contribution in [0.1, 0.15) is 20.8 Å². The monoisotopic (exact) mass is 450 g/mol. The summed E-state index contributed by atoms with van der Waals surface area (Å²) in [6.45, 7) is 37.5. The molecule has 0 rings (SSSR count). The molecule has 0 fully saturated rings. The lowest BCUT2D eigenvalue weighted by Crippen LogP contribution is -2.47. The van der Waals surface area contributed by atoms with Gasteiger partial charge in [-0.3, -0.25) is 0 Å². The van der Waals surface area contributed by atoms with Gasteiger partial charge in [0.15, 0.2) is 0 Å². The van der Waals surface area contributed by atoms with Crippen molar-refractivity contribution in [1.29, 1.82) is 0 Å². The van der Waals surface area contributed by atoms with Crippen LogP contribution in [0.2, 0.25) is 31.2 Å².